The van der Waals surface area contributed by atoms with E-state index in [-0.39, 0.29) is 17.6 Å². The summed E-state index contributed by atoms with van der Waals surface area (Å²) in [7, 11) is -1.23. The van der Waals surface area contributed by atoms with E-state index in [0.717, 1.165) is 5.56 Å². The van der Waals surface area contributed by atoms with Gasteiger partial charge in [-0.3, -0.25) is 9.00 Å². The quantitative estimate of drug-likeness (QED) is 0.867. The van der Waals surface area contributed by atoms with E-state index in [4.69, 9.17) is 0 Å². The van der Waals surface area contributed by atoms with Gasteiger partial charge in [0.1, 0.15) is 0 Å². The number of amides is 1. The molecule has 1 unspecified atom stereocenters. The molecule has 1 N–H and O–H groups in total. The van der Waals surface area contributed by atoms with Gasteiger partial charge < -0.3 is 5.32 Å². The molecule has 0 aliphatic carbocycles. The van der Waals surface area contributed by atoms with Gasteiger partial charge in [0.05, 0.1) is 26.6 Å². The highest BCUT2D eigenvalue weighted by Crippen LogP contribution is 2.34. The molecule has 0 spiro atoms. The molecule has 1 heterocycles. The number of nitrogens with one attached hydrogen (secondary N) is 1. The molecule has 3 nitrogen and oxygen atoms in total. The first-order valence-electron chi connectivity index (χ1n) is 6.10. The van der Waals surface area contributed by atoms with Gasteiger partial charge in [-0.05, 0) is 17.7 Å². The van der Waals surface area contributed by atoms with E-state index in [9.17, 15) is 9.00 Å². The summed E-state index contributed by atoms with van der Waals surface area (Å²) < 4.78 is 12.7. The summed E-state index contributed by atoms with van der Waals surface area (Å²) in [5.74, 6) is -0.0906. The summed E-state index contributed by atoms with van der Waals surface area (Å²) in [6.45, 7) is 0. The lowest BCUT2D eigenvalue weighted by Crippen LogP contribution is -2.13. The van der Waals surface area contributed by atoms with Crippen LogP contribution in [0.2, 0.25) is 0 Å². The minimum absolute atomic E-state index is 0.0906. The Morgan fingerprint density at radius 3 is 2.47 bits per heavy atom. The van der Waals surface area contributed by atoms with Gasteiger partial charge in [0.15, 0.2) is 0 Å². The van der Waals surface area contributed by atoms with Crippen molar-refractivity contribution in [2.75, 3.05) is 5.32 Å². The van der Waals surface area contributed by atoms with Crippen LogP contribution in [0.4, 0.5) is 5.69 Å². The average Bonchev–Trinajstić information content (AvgIpc) is 2.57. The summed E-state index contributed by atoms with van der Waals surface area (Å²) in [5.41, 5.74) is 1.59. The Morgan fingerprint density at radius 2 is 1.68 bits per heavy atom. The van der Waals surface area contributed by atoms with Crippen molar-refractivity contribution in [1.29, 1.82) is 0 Å². The zero-order valence-corrected chi connectivity index (χ0v) is 11.0. The van der Waals surface area contributed by atoms with Crippen molar-refractivity contribution in [3.05, 3.63) is 60.2 Å². The normalized spacial score (nSPS) is 22.2. The van der Waals surface area contributed by atoms with Gasteiger partial charge in [-0.1, -0.05) is 42.5 Å². The number of carbonyl (C=O) groups excluding carboxylic acids is 1. The monoisotopic (exact) mass is 271 g/mol. The molecule has 0 fully saturated rings. The van der Waals surface area contributed by atoms with Crippen LogP contribution >= 0.6 is 0 Å². The lowest BCUT2D eigenvalue weighted by Gasteiger charge is -2.13. The predicted octanol–water partition coefficient (Wildman–Crippen LogP) is 2.88. The molecule has 0 saturated heterocycles. The van der Waals surface area contributed by atoms with E-state index < -0.39 is 10.8 Å². The summed E-state index contributed by atoms with van der Waals surface area (Å²) in [5, 5.41) is 2.53. The van der Waals surface area contributed by atoms with Crippen molar-refractivity contribution >= 4 is 22.4 Å². The van der Waals surface area contributed by atoms with Crippen LogP contribution in [0.25, 0.3) is 0 Å². The third-order valence-electron chi connectivity index (χ3n) is 3.18. The summed E-state index contributed by atoms with van der Waals surface area (Å²) >= 11 is 0. The maximum Gasteiger partial charge on any atom is 0.225 e. The predicted molar refractivity (Wildman–Crippen MR) is 75.3 cm³/mol. The molecule has 19 heavy (non-hydrogen) atoms. The van der Waals surface area contributed by atoms with Gasteiger partial charge in [-0.2, -0.15) is 0 Å². The van der Waals surface area contributed by atoms with Crippen LogP contribution in [0, 0.1) is 0 Å². The zero-order valence-electron chi connectivity index (χ0n) is 10.2. The number of rotatable bonds is 1. The van der Waals surface area contributed by atoms with E-state index in [1.54, 1.807) is 6.07 Å². The fourth-order valence-electron chi connectivity index (χ4n) is 2.25. The molecular formula is C15H13NO2S. The van der Waals surface area contributed by atoms with Crippen molar-refractivity contribution in [2.45, 2.75) is 16.6 Å². The summed E-state index contributed by atoms with van der Waals surface area (Å²) in [4.78, 5) is 12.6. The molecule has 1 aliphatic rings. The fourth-order valence-corrected chi connectivity index (χ4v) is 3.82. The number of fused-ring (bicyclic) bond motifs is 1. The molecule has 1 amide bonds. The number of hydrogen-bond acceptors (Lipinski definition) is 2. The van der Waals surface area contributed by atoms with Gasteiger partial charge in [-0.15, -0.1) is 0 Å². The van der Waals surface area contributed by atoms with Gasteiger partial charge in [0.25, 0.3) is 0 Å². The Labute approximate surface area is 114 Å². The second kappa shape index (κ2) is 4.97. The first-order valence-corrected chi connectivity index (χ1v) is 7.31. The number of hydrogen-bond donors (Lipinski definition) is 1. The molecule has 4 heteroatoms. The number of para-hydroxylation sites is 1. The second-order valence-corrected chi connectivity index (χ2v) is 6.05. The first-order chi connectivity index (χ1) is 9.25. The van der Waals surface area contributed by atoms with E-state index >= 15 is 0 Å². The molecular weight excluding hydrogens is 258 g/mol. The van der Waals surface area contributed by atoms with Crippen LogP contribution in [-0.4, -0.2) is 10.1 Å². The highest BCUT2D eigenvalue weighted by atomic mass is 32.2. The number of benzene rings is 2. The van der Waals surface area contributed by atoms with Crippen LogP contribution in [0.1, 0.15) is 17.2 Å². The molecule has 2 aromatic rings. The van der Waals surface area contributed by atoms with Gasteiger partial charge in [-0.25, -0.2) is 0 Å². The third kappa shape index (κ3) is 2.31. The van der Waals surface area contributed by atoms with Gasteiger partial charge >= 0.3 is 0 Å². The van der Waals surface area contributed by atoms with E-state index in [1.165, 1.54) is 0 Å². The van der Waals surface area contributed by atoms with E-state index in [1.807, 2.05) is 48.5 Å². The Hall–Kier alpha value is -1.94. The van der Waals surface area contributed by atoms with Crippen LogP contribution in [0.15, 0.2) is 59.5 Å². The zero-order chi connectivity index (χ0) is 13.2. The standard InChI is InChI=1S/C15H13NO2S/c17-15-10-14(11-6-2-1-3-7-11)19(18)13-9-5-4-8-12(13)16-15/h1-9,14H,10H2,(H,16,17)/t14-,19?/m0/s1. The Kier molecular flexibility index (Phi) is 3.17. The average molecular weight is 271 g/mol. The van der Waals surface area contributed by atoms with E-state index in [2.05, 4.69) is 5.32 Å². The lowest BCUT2D eigenvalue weighted by molar-refractivity contribution is -0.116. The third-order valence-corrected chi connectivity index (χ3v) is 4.92. The number of carbonyl (C=O) groups is 1. The molecule has 0 radical (unpaired) electrons. The highest BCUT2D eigenvalue weighted by molar-refractivity contribution is 7.85. The van der Waals surface area contributed by atoms with Crippen LogP contribution < -0.4 is 5.32 Å². The molecule has 0 saturated carbocycles. The van der Waals surface area contributed by atoms with Crippen LogP contribution in [0.3, 0.4) is 0 Å². The summed E-state index contributed by atoms with van der Waals surface area (Å²) in [6.07, 6.45) is 0.241. The SMILES string of the molecule is O=C1C[C@@H](c2ccccc2)S(=O)c2ccccc2N1. The van der Waals surface area contributed by atoms with Crippen LogP contribution in [-0.2, 0) is 15.6 Å². The van der Waals surface area contributed by atoms with Crippen molar-refractivity contribution in [1.82, 2.24) is 0 Å². The van der Waals surface area contributed by atoms with Crippen molar-refractivity contribution in [2.24, 2.45) is 0 Å². The lowest BCUT2D eigenvalue weighted by atomic mass is 10.1. The topological polar surface area (TPSA) is 46.2 Å². The van der Waals surface area contributed by atoms with Gasteiger partial charge in [0.2, 0.25) is 5.91 Å². The van der Waals surface area contributed by atoms with E-state index in [0.29, 0.717) is 10.6 Å². The Morgan fingerprint density at radius 1 is 1.00 bits per heavy atom. The van der Waals surface area contributed by atoms with Crippen molar-refractivity contribution in [3.8, 4) is 0 Å². The molecule has 96 valence electrons. The molecule has 0 bridgehead atoms. The molecule has 2 atom stereocenters. The van der Waals surface area contributed by atoms with Gasteiger partial charge in [0, 0.05) is 6.42 Å². The Bertz CT molecular complexity index is 640. The largest absolute Gasteiger partial charge is 0.325 e. The smallest absolute Gasteiger partial charge is 0.225 e. The maximum atomic E-state index is 12.7. The molecule has 0 aromatic heterocycles. The highest BCUT2D eigenvalue weighted by Gasteiger charge is 2.28. The van der Waals surface area contributed by atoms with Crippen LogP contribution in [0.5, 0.6) is 0 Å². The minimum atomic E-state index is -1.23. The van der Waals surface area contributed by atoms with Crippen molar-refractivity contribution in [3.63, 3.8) is 0 Å². The maximum absolute atomic E-state index is 12.7. The molecule has 3 rings (SSSR count). The molecule has 1 aliphatic heterocycles. The number of anilines is 1. The van der Waals surface area contributed by atoms with Crippen molar-refractivity contribution < 1.29 is 9.00 Å². The second-order valence-electron chi connectivity index (χ2n) is 4.45. The summed E-state index contributed by atoms with van der Waals surface area (Å²) in [6, 6.07) is 16.8. The molecule has 2 aromatic carbocycles. The Balaban J connectivity index is 2.08. The minimum Gasteiger partial charge on any atom is -0.325 e. The fraction of sp³-hybridized carbons (Fsp3) is 0.133. The first kappa shape index (κ1) is 12.1.